The van der Waals surface area contributed by atoms with Crippen molar-refractivity contribution in [3.05, 3.63) is 29.8 Å². The topological polar surface area (TPSA) is 114 Å². The van der Waals surface area contributed by atoms with Gasteiger partial charge in [0.1, 0.15) is 0 Å². The number of nitrogens with zero attached hydrogens (tertiary/aromatic N) is 2. The number of carbonyl (C=O) groups is 1. The molecule has 0 saturated carbocycles. The van der Waals surface area contributed by atoms with Crippen LogP contribution in [0.4, 0.5) is 11.6 Å². The third-order valence-electron chi connectivity index (χ3n) is 2.96. The highest BCUT2D eigenvalue weighted by Gasteiger charge is 2.26. The molecular formula is C14H18N4O4S. The Kier molecular flexibility index (Phi) is 4.42. The molecule has 0 fully saturated rings. The van der Waals surface area contributed by atoms with E-state index >= 15 is 0 Å². The molecule has 0 atom stereocenters. The normalized spacial score (nSPS) is 12.0. The lowest BCUT2D eigenvalue weighted by atomic mass is 9.96. The van der Waals surface area contributed by atoms with Gasteiger partial charge < -0.3 is 5.32 Å². The minimum atomic E-state index is -3.86. The third-order valence-corrected chi connectivity index (χ3v) is 4.32. The number of rotatable bonds is 4. The van der Waals surface area contributed by atoms with Gasteiger partial charge in [0.25, 0.3) is 10.0 Å². The van der Waals surface area contributed by atoms with Crippen LogP contribution < -0.4 is 10.0 Å². The standard InChI is InChI=1S/C14H18N4O4S/c1-9-5-7-10(8-6-9)23(20,21)18-12-11(16-22-17-12)15-13(19)14(2,3)4/h5-8H,1-4H3,(H,17,18)(H,15,16,19). The van der Waals surface area contributed by atoms with Crippen molar-refractivity contribution in [2.24, 2.45) is 5.41 Å². The number of aryl methyl sites for hydroxylation is 1. The molecule has 23 heavy (non-hydrogen) atoms. The van der Waals surface area contributed by atoms with Crippen LogP contribution in [-0.4, -0.2) is 24.6 Å². The number of hydrogen-bond acceptors (Lipinski definition) is 6. The molecule has 2 rings (SSSR count). The van der Waals surface area contributed by atoms with Crippen LogP contribution in [0.3, 0.4) is 0 Å². The van der Waals surface area contributed by atoms with Crippen LogP contribution in [0.2, 0.25) is 0 Å². The Hall–Kier alpha value is -2.42. The van der Waals surface area contributed by atoms with Gasteiger partial charge in [-0.1, -0.05) is 38.5 Å². The Labute approximate surface area is 134 Å². The number of carbonyl (C=O) groups excluding carboxylic acids is 1. The number of amides is 1. The predicted octanol–water partition coefficient (Wildman–Crippen LogP) is 2.16. The SMILES string of the molecule is Cc1ccc(S(=O)(=O)Nc2nonc2NC(=O)C(C)(C)C)cc1. The van der Waals surface area contributed by atoms with Gasteiger partial charge in [-0.3, -0.25) is 9.52 Å². The number of nitrogens with one attached hydrogen (secondary N) is 2. The maximum Gasteiger partial charge on any atom is 0.263 e. The zero-order valence-corrected chi connectivity index (χ0v) is 14.1. The van der Waals surface area contributed by atoms with Gasteiger partial charge in [-0.05, 0) is 29.4 Å². The largest absolute Gasteiger partial charge is 0.304 e. The molecule has 0 radical (unpaired) electrons. The number of aromatic nitrogens is 2. The third kappa shape index (κ3) is 4.07. The summed E-state index contributed by atoms with van der Waals surface area (Å²) in [5.41, 5.74) is 0.261. The maximum atomic E-state index is 12.3. The Balaban J connectivity index is 2.23. The van der Waals surface area contributed by atoms with Crippen molar-refractivity contribution in [2.75, 3.05) is 10.0 Å². The summed E-state index contributed by atoms with van der Waals surface area (Å²) in [5, 5.41) is 9.49. The Morgan fingerprint density at radius 3 is 2.22 bits per heavy atom. The minimum Gasteiger partial charge on any atom is -0.304 e. The van der Waals surface area contributed by atoms with Crippen LogP contribution in [-0.2, 0) is 14.8 Å². The highest BCUT2D eigenvalue weighted by molar-refractivity contribution is 7.92. The summed E-state index contributed by atoms with van der Waals surface area (Å²) >= 11 is 0. The van der Waals surface area contributed by atoms with Crippen molar-refractivity contribution < 1.29 is 17.8 Å². The van der Waals surface area contributed by atoms with Gasteiger partial charge in [0.15, 0.2) is 0 Å². The fraction of sp³-hybridized carbons (Fsp3) is 0.357. The van der Waals surface area contributed by atoms with Crippen LogP contribution >= 0.6 is 0 Å². The molecule has 1 heterocycles. The summed E-state index contributed by atoms with van der Waals surface area (Å²) < 4.78 is 31.4. The van der Waals surface area contributed by atoms with Crippen LogP contribution in [0.1, 0.15) is 26.3 Å². The fourth-order valence-corrected chi connectivity index (χ4v) is 2.54. The molecule has 1 aromatic carbocycles. The van der Waals surface area contributed by atoms with Crippen molar-refractivity contribution in [1.29, 1.82) is 0 Å². The van der Waals surface area contributed by atoms with Crippen molar-refractivity contribution in [3.8, 4) is 0 Å². The quantitative estimate of drug-likeness (QED) is 0.883. The summed E-state index contributed by atoms with van der Waals surface area (Å²) in [7, 11) is -3.86. The van der Waals surface area contributed by atoms with Gasteiger partial charge >= 0.3 is 0 Å². The molecule has 0 aliphatic heterocycles. The van der Waals surface area contributed by atoms with Gasteiger partial charge in [-0.2, -0.15) is 0 Å². The van der Waals surface area contributed by atoms with Gasteiger partial charge in [0.05, 0.1) is 4.90 Å². The maximum absolute atomic E-state index is 12.3. The average Bonchev–Trinajstić information content (AvgIpc) is 2.84. The van der Waals surface area contributed by atoms with Crippen LogP contribution in [0.5, 0.6) is 0 Å². The molecule has 0 aliphatic carbocycles. The summed E-state index contributed by atoms with van der Waals surface area (Å²) in [4.78, 5) is 12.0. The molecule has 0 aliphatic rings. The second-order valence-corrected chi connectivity index (χ2v) is 7.77. The van der Waals surface area contributed by atoms with Crippen LogP contribution in [0.15, 0.2) is 33.8 Å². The first kappa shape index (κ1) is 16.9. The van der Waals surface area contributed by atoms with Crippen molar-refractivity contribution >= 4 is 27.6 Å². The predicted molar refractivity (Wildman–Crippen MR) is 84.4 cm³/mol. The van der Waals surface area contributed by atoms with Crippen molar-refractivity contribution in [1.82, 2.24) is 10.3 Å². The highest BCUT2D eigenvalue weighted by atomic mass is 32.2. The zero-order valence-electron chi connectivity index (χ0n) is 13.2. The van der Waals surface area contributed by atoms with E-state index in [1.54, 1.807) is 32.9 Å². The van der Waals surface area contributed by atoms with Crippen molar-refractivity contribution in [3.63, 3.8) is 0 Å². The average molecular weight is 338 g/mol. The zero-order chi connectivity index (χ0) is 17.3. The van der Waals surface area contributed by atoms with Crippen LogP contribution in [0.25, 0.3) is 0 Å². The van der Waals surface area contributed by atoms with E-state index in [2.05, 4.69) is 25.0 Å². The molecule has 2 N–H and O–H groups in total. The minimum absolute atomic E-state index is 0.0687. The van der Waals surface area contributed by atoms with E-state index in [0.29, 0.717) is 0 Å². The smallest absolute Gasteiger partial charge is 0.263 e. The monoisotopic (exact) mass is 338 g/mol. The number of sulfonamides is 1. The fourth-order valence-electron chi connectivity index (χ4n) is 1.54. The van der Waals surface area contributed by atoms with Crippen LogP contribution in [0, 0.1) is 12.3 Å². The lowest BCUT2D eigenvalue weighted by Crippen LogP contribution is -2.28. The number of anilines is 2. The van der Waals surface area contributed by atoms with E-state index in [-0.39, 0.29) is 22.4 Å². The van der Waals surface area contributed by atoms with Crippen molar-refractivity contribution in [2.45, 2.75) is 32.6 Å². The molecule has 2 aromatic rings. The van der Waals surface area contributed by atoms with E-state index in [4.69, 9.17) is 0 Å². The van der Waals surface area contributed by atoms with E-state index in [0.717, 1.165) is 5.56 Å². The van der Waals surface area contributed by atoms with Gasteiger partial charge in [-0.15, -0.1) is 0 Å². The first-order valence-corrected chi connectivity index (χ1v) is 8.31. The molecule has 0 unspecified atom stereocenters. The van der Waals surface area contributed by atoms with E-state index in [1.807, 2.05) is 6.92 Å². The Bertz CT molecular complexity index is 804. The lowest BCUT2D eigenvalue weighted by Gasteiger charge is -2.16. The number of benzene rings is 1. The number of hydrogen-bond donors (Lipinski definition) is 2. The van der Waals surface area contributed by atoms with E-state index < -0.39 is 15.4 Å². The van der Waals surface area contributed by atoms with E-state index in [9.17, 15) is 13.2 Å². The molecule has 0 saturated heterocycles. The molecule has 1 aromatic heterocycles. The summed E-state index contributed by atoms with van der Waals surface area (Å²) in [6.07, 6.45) is 0. The lowest BCUT2D eigenvalue weighted by molar-refractivity contribution is -0.123. The molecular weight excluding hydrogens is 320 g/mol. The van der Waals surface area contributed by atoms with Gasteiger partial charge in [0, 0.05) is 5.41 Å². The Morgan fingerprint density at radius 1 is 1.09 bits per heavy atom. The molecule has 8 nitrogen and oxygen atoms in total. The second-order valence-electron chi connectivity index (χ2n) is 6.08. The molecule has 1 amide bonds. The molecule has 9 heteroatoms. The van der Waals surface area contributed by atoms with Gasteiger partial charge in [0.2, 0.25) is 17.5 Å². The van der Waals surface area contributed by atoms with Gasteiger partial charge in [-0.25, -0.2) is 13.0 Å². The molecule has 0 spiro atoms. The summed E-state index contributed by atoms with van der Waals surface area (Å²) in [6, 6.07) is 6.30. The first-order valence-electron chi connectivity index (χ1n) is 6.83. The molecule has 124 valence electrons. The molecule has 0 bridgehead atoms. The summed E-state index contributed by atoms with van der Waals surface area (Å²) in [6.45, 7) is 7.00. The highest BCUT2D eigenvalue weighted by Crippen LogP contribution is 2.23. The first-order chi connectivity index (χ1) is 10.6. The van der Waals surface area contributed by atoms with E-state index in [1.165, 1.54) is 12.1 Å². The second kappa shape index (κ2) is 5.99. The summed E-state index contributed by atoms with van der Waals surface area (Å²) in [5.74, 6) is -0.604. The Morgan fingerprint density at radius 2 is 1.65 bits per heavy atom.